The zero-order valence-corrected chi connectivity index (χ0v) is 15.4. The van der Waals surface area contributed by atoms with Crippen LogP contribution in [0.3, 0.4) is 0 Å². The normalized spacial score (nSPS) is 16.7. The van der Waals surface area contributed by atoms with Crippen LogP contribution in [0.25, 0.3) is 5.78 Å². The van der Waals surface area contributed by atoms with E-state index in [2.05, 4.69) is 25.5 Å². The van der Waals surface area contributed by atoms with Gasteiger partial charge < -0.3 is 5.32 Å². The molecule has 0 spiro atoms. The summed E-state index contributed by atoms with van der Waals surface area (Å²) in [6, 6.07) is 0.0677. The molecule has 1 N–H and O–H groups in total. The van der Waals surface area contributed by atoms with Crippen LogP contribution in [0.5, 0.6) is 0 Å². The summed E-state index contributed by atoms with van der Waals surface area (Å²) in [5.74, 6) is 0.656. The summed E-state index contributed by atoms with van der Waals surface area (Å²) < 4.78 is 3.64. The number of hydrogen-bond donors (Lipinski definition) is 1. The third-order valence-electron chi connectivity index (χ3n) is 5.30. The van der Waals surface area contributed by atoms with Crippen molar-refractivity contribution in [2.45, 2.75) is 52.0 Å². The van der Waals surface area contributed by atoms with Gasteiger partial charge in [-0.3, -0.25) is 9.48 Å². The van der Waals surface area contributed by atoms with Gasteiger partial charge in [0.05, 0.1) is 12.2 Å². The van der Waals surface area contributed by atoms with E-state index in [0.717, 1.165) is 41.8 Å². The standard InChI is InChI=1S/C18H23N7O/c1-11-13(12(2)25-18(22-11)19-10-21-25)7-8-17(26)23-15-5-4-6-16-14(15)9-20-24(16)3/h9-10,15H,4-8H2,1-3H3,(H,23,26)/t15-/m1/s1. The van der Waals surface area contributed by atoms with Crippen molar-refractivity contribution in [3.63, 3.8) is 0 Å². The molecule has 3 aromatic heterocycles. The van der Waals surface area contributed by atoms with E-state index >= 15 is 0 Å². The molecule has 0 aliphatic heterocycles. The Balaban J connectivity index is 1.45. The van der Waals surface area contributed by atoms with Crippen molar-refractivity contribution in [2.75, 3.05) is 0 Å². The van der Waals surface area contributed by atoms with Crippen LogP contribution in [0, 0.1) is 13.8 Å². The average Bonchev–Trinajstić information content (AvgIpc) is 3.22. The number of aromatic nitrogens is 6. The lowest BCUT2D eigenvalue weighted by Gasteiger charge is -2.24. The topological polar surface area (TPSA) is 90.0 Å². The monoisotopic (exact) mass is 353 g/mol. The molecule has 0 fully saturated rings. The number of hydrogen-bond acceptors (Lipinski definition) is 5. The number of carbonyl (C=O) groups is 1. The summed E-state index contributed by atoms with van der Waals surface area (Å²) in [5.41, 5.74) is 5.34. The molecule has 1 aliphatic carbocycles. The van der Waals surface area contributed by atoms with Crippen LogP contribution in [0.15, 0.2) is 12.5 Å². The largest absolute Gasteiger partial charge is 0.349 e. The van der Waals surface area contributed by atoms with Crippen LogP contribution in [0.4, 0.5) is 0 Å². The van der Waals surface area contributed by atoms with Crippen LogP contribution >= 0.6 is 0 Å². The molecule has 1 atom stereocenters. The van der Waals surface area contributed by atoms with Gasteiger partial charge in [0.1, 0.15) is 6.33 Å². The first-order chi connectivity index (χ1) is 12.5. The van der Waals surface area contributed by atoms with E-state index in [-0.39, 0.29) is 11.9 Å². The Hall–Kier alpha value is -2.77. The SMILES string of the molecule is Cc1nc2ncnn2c(C)c1CCC(=O)N[C@@H]1CCCc2c1cnn2C. The predicted octanol–water partition coefficient (Wildman–Crippen LogP) is 1.60. The van der Waals surface area contributed by atoms with Crippen molar-refractivity contribution in [2.24, 2.45) is 7.05 Å². The van der Waals surface area contributed by atoms with E-state index in [0.29, 0.717) is 18.6 Å². The highest BCUT2D eigenvalue weighted by Crippen LogP contribution is 2.29. The Morgan fingerprint density at radius 3 is 3.04 bits per heavy atom. The summed E-state index contributed by atoms with van der Waals surface area (Å²) >= 11 is 0. The molecule has 0 unspecified atom stereocenters. The predicted molar refractivity (Wildman–Crippen MR) is 95.6 cm³/mol. The Labute approximate surface area is 151 Å². The lowest BCUT2D eigenvalue weighted by Crippen LogP contribution is -2.31. The highest BCUT2D eigenvalue weighted by atomic mass is 16.1. The quantitative estimate of drug-likeness (QED) is 0.769. The van der Waals surface area contributed by atoms with E-state index < -0.39 is 0 Å². The van der Waals surface area contributed by atoms with Crippen LogP contribution in [-0.2, 0) is 24.7 Å². The first-order valence-electron chi connectivity index (χ1n) is 9.00. The molecule has 3 heterocycles. The maximum atomic E-state index is 12.5. The van der Waals surface area contributed by atoms with Gasteiger partial charge in [0.25, 0.3) is 5.78 Å². The molecule has 136 valence electrons. The smallest absolute Gasteiger partial charge is 0.252 e. The minimum Gasteiger partial charge on any atom is -0.349 e. The number of nitrogens with one attached hydrogen (secondary N) is 1. The Kier molecular flexibility index (Phi) is 4.18. The molecule has 0 bridgehead atoms. The lowest BCUT2D eigenvalue weighted by atomic mass is 9.93. The van der Waals surface area contributed by atoms with E-state index in [4.69, 9.17) is 0 Å². The van der Waals surface area contributed by atoms with Gasteiger partial charge in [0.15, 0.2) is 0 Å². The third kappa shape index (κ3) is 2.85. The molecule has 4 rings (SSSR count). The molecular formula is C18H23N7O. The number of fused-ring (bicyclic) bond motifs is 2. The van der Waals surface area contributed by atoms with Gasteiger partial charge in [-0.15, -0.1) is 0 Å². The van der Waals surface area contributed by atoms with Gasteiger partial charge in [-0.05, 0) is 45.1 Å². The summed E-state index contributed by atoms with van der Waals surface area (Å²) in [6.45, 7) is 3.95. The maximum absolute atomic E-state index is 12.5. The Bertz CT molecular complexity index is 971. The van der Waals surface area contributed by atoms with E-state index in [9.17, 15) is 4.79 Å². The van der Waals surface area contributed by atoms with Crippen LogP contribution in [0.2, 0.25) is 0 Å². The summed E-state index contributed by atoms with van der Waals surface area (Å²) in [6.07, 6.45) is 7.52. The van der Waals surface area contributed by atoms with Gasteiger partial charge >= 0.3 is 0 Å². The summed E-state index contributed by atoms with van der Waals surface area (Å²) in [5, 5.41) is 11.7. The van der Waals surface area contributed by atoms with Gasteiger partial charge in [0.2, 0.25) is 5.91 Å². The number of nitrogens with zero attached hydrogens (tertiary/aromatic N) is 6. The van der Waals surface area contributed by atoms with Crippen molar-refractivity contribution in [3.05, 3.63) is 40.7 Å². The molecule has 8 heteroatoms. The second-order valence-electron chi connectivity index (χ2n) is 6.92. The summed E-state index contributed by atoms with van der Waals surface area (Å²) in [4.78, 5) is 21.1. The first kappa shape index (κ1) is 16.7. The van der Waals surface area contributed by atoms with Crippen molar-refractivity contribution >= 4 is 11.7 Å². The minimum absolute atomic E-state index is 0.0594. The second-order valence-corrected chi connectivity index (χ2v) is 6.92. The number of rotatable bonds is 4. The van der Waals surface area contributed by atoms with Gasteiger partial charge in [-0.25, -0.2) is 9.50 Å². The molecule has 26 heavy (non-hydrogen) atoms. The molecular weight excluding hydrogens is 330 g/mol. The lowest BCUT2D eigenvalue weighted by molar-refractivity contribution is -0.121. The van der Waals surface area contributed by atoms with E-state index in [1.807, 2.05) is 31.8 Å². The van der Waals surface area contributed by atoms with Crippen LogP contribution < -0.4 is 5.32 Å². The fourth-order valence-electron chi connectivity index (χ4n) is 3.88. The molecule has 3 aromatic rings. The molecule has 0 saturated heterocycles. The molecule has 8 nitrogen and oxygen atoms in total. The average molecular weight is 353 g/mol. The van der Waals surface area contributed by atoms with E-state index in [1.165, 1.54) is 12.0 Å². The fourth-order valence-corrected chi connectivity index (χ4v) is 3.88. The van der Waals surface area contributed by atoms with Gasteiger partial charge in [-0.1, -0.05) is 0 Å². The molecule has 0 radical (unpaired) electrons. The van der Waals surface area contributed by atoms with Gasteiger partial charge in [0, 0.05) is 36.1 Å². The minimum atomic E-state index is 0.0594. The van der Waals surface area contributed by atoms with Crippen molar-refractivity contribution in [3.8, 4) is 0 Å². The van der Waals surface area contributed by atoms with Crippen molar-refractivity contribution < 1.29 is 4.79 Å². The highest BCUT2D eigenvalue weighted by molar-refractivity contribution is 5.76. The number of amides is 1. The van der Waals surface area contributed by atoms with Crippen molar-refractivity contribution in [1.82, 2.24) is 34.7 Å². The number of aryl methyl sites for hydroxylation is 3. The Morgan fingerprint density at radius 2 is 2.19 bits per heavy atom. The molecule has 0 saturated carbocycles. The van der Waals surface area contributed by atoms with Crippen LogP contribution in [-0.4, -0.2) is 35.3 Å². The fraction of sp³-hybridized carbons (Fsp3) is 0.500. The van der Waals surface area contributed by atoms with E-state index in [1.54, 1.807) is 4.52 Å². The number of carbonyl (C=O) groups excluding carboxylic acids is 1. The molecule has 0 aromatic carbocycles. The second kappa shape index (κ2) is 6.51. The Morgan fingerprint density at radius 1 is 1.35 bits per heavy atom. The molecule has 1 amide bonds. The molecule has 1 aliphatic rings. The van der Waals surface area contributed by atoms with Crippen molar-refractivity contribution in [1.29, 1.82) is 0 Å². The zero-order chi connectivity index (χ0) is 18.3. The maximum Gasteiger partial charge on any atom is 0.252 e. The van der Waals surface area contributed by atoms with Gasteiger partial charge in [-0.2, -0.15) is 15.2 Å². The summed E-state index contributed by atoms with van der Waals surface area (Å²) in [7, 11) is 1.96. The zero-order valence-electron chi connectivity index (χ0n) is 15.4. The first-order valence-corrected chi connectivity index (χ1v) is 9.00. The van der Waals surface area contributed by atoms with Crippen LogP contribution in [0.1, 0.15) is 53.5 Å². The third-order valence-corrected chi connectivity index (χ3v) is 5.30. The highest BCUT2D eigenvalue weighted by Gasteiger charge is 2.24.